The maximum absolute atomic E-state index is 12.0. The van der Waals surface area contributed by atoms with E-state index in [0.717, 1.165) is 10.5 Å². The zero-order valence-electron chi connectivity index (χ0n) is 7.05. The Hall–Kier alpha value is -0.600. The first-order valence-electron chi connectivity index (χ1n) is 3.60. The van der Waals surface area contributed by atoms with E-state index >= 15 is 0 Å². The Morgan fingerprint density at radius 2 is 1.86 bits per heavy atom. The molecule has 3 nitrogen and oxygen atoms in total. The van der Waals surface area contributed by atoms with Gasteiger partial charge in [0.25, 0.3) is 0 Å². The maximum atomic E-state index is 12.0. The van der Waals surface area contributed by atoms with Crippen molar-refractivity contribution in [3.63, 3.8) is 0 Å². The van der Waals surface area contributed by atoms with Gasteiger partial charge in [0.1, 0.15) is 0 Å². The van der Waals surface area contributed by atoms with E-state index in [0.29, 0.717) is 0 Å². The van der Waals surface area contributed by atoms with Crippen molar-refractivity contribution >= 4 is 22.6 Å². The first-order chi connectivity index (χ1) is 6.39. The summed E-state index contributed by atoms with van der Waals surface area (Å²) in [6.07, 6.45) is -3.53. The second kappa shape index (κ2) is 4.28. The van der Waals surface area contributed by atoms with Crippen LogP contribution < -0.4 is 4.74 Å². The van der Waals surface area contributed by atoms with Crippen LogP contribution in [0.4, 0.5) is 13.2 Å². The Morgan fingerprint density at radius 1 is 1.36 bits per heavy atom. The van der Waals surface area contributed by atoms with Crippen LogP contribution in [0.5, 0.6) is 6.01 Å². The number of ether oxygens (including phenoxy) is 1. The molecule has 0 aromatic carbocycles. The third-order valence-electron chi connectivity index (χ3n) is 1.34. The SMILES string of the molecule is CC(Oc1ncc(I)cn1)C(F)(F)F. The molecular weight excluding hydrogens is 312 g/mol. The summed E-state index contributed by atoms with van der Waals surface area (Å²) in [5.41, 5.74) is 0. The maximum Gasteiger partial charge on any atom is 0.425 e. The van der Waals surface area contributed by atoms with E-state index in [2.05, 4.69) is 14.7 Å². The van der Waals surface area contributed by atoms with Gasteiger partial charge in [-0.05, 0) is 29.5 Å². The predicted molar refractivity (Wildman–Crippen MR) is 50.9 cm³/mol. The highest BCUT2D eigenvalue weighted by molar-refractivity contribution is 14.1. The van der Waals surface area contributed by atoms with Gasteiger partial charge in [0.15, 0.2) is 6.10 Å². The summed E-state index contributed by atoms with van der Waals surface area (Å²) in [5, 5.41) is 0. The highest BCUT2D eigenvalue weighted by atomic mass is 127. The number of hydrogen-bond donors (Lipinski definition) is 0. The van der Waals surface area contributed by atoms with E-state index in [9.17, 15) is 13.2 Å². The molecule has 0 saturated carbocycles. The molecule has 0 amide bonds. The molecule has 1 atom stereocenters. The molecule has 1 heterocycles. The summed E-state index contributed by atoms with van der Waals surface area (Å²) in [7, 11) is 0. The quantitative estimate of drug-likeness (QED) is 0.786. The van der Waals surface area contributed by atoms with Crippen LogP contribution in [-0.2, 0) is 0 Å². The van der Waals surface area contributed by atoms with E-state index in [1.54, 1.807) is 0 Å². The molecule has 0 aliphatic carbocycles. The smallest absolute Gasteiger partial charge is 0.425 e. The Labute approximate surface area is 91.8 Å². The highest BCUT2D eigenvalue weighted by Gasteiger charge is 2.38. The minimum absolute atomic E-state index is 0.268. The number of aromatic nitrogens is 2. The summed E-state index contributed by atoms with van der Waals surface area (Å²) in [6.45, 7) is 0.904. The molecule has 1 aromatic rings. The van der Waals surface area contributed by atoms with Crippen molar-refractivity contribution in [2.75, 3.05) is 0 Å². The van der Waals surface area contributed by atoms with Gasteiger partial charge < -0.3 is 4.74 Å². The molecule has 1 unspecified atom stereocenters. The van der Waals surface area contributed by atoms with Crippen LogP contribution >= 0.6 is 22.6 Å². The van der Waals surface area contributed by atoms with E-state index in [-0.39, 0.29) is 6.01 Å². The van der Waals surface area contributed by atoms with Crippen LogP contribution in [0.15, 0.2) is 12.4 Å². The largest absolute Gasteiger partial charge is 0.451 e. The topological polar surface area (TPSA) is 35.0 Å². The molecule has 0 aliphatic heterocycles. The highest BCUT2D eigenvalue weighted by Crippen LogP contribution is 2.22. The van der Waals surface area contributed by atoms with Gasteiger partial charge >= 0.3 is 12.2 Å². The Balaban J connectivity index is 2.65. The number of halogens is 4. The lowest BCUT2D eigenvalue weighted by atomic mass is 10.4. The number of nitrogens with zero attached hydrogens (tertiary/aromatic N) is 2. The predicted octanol–water partition coefficient (Wildman–Crippen LogP) is 2.41. The molecule has 0 saturated heterocycles. The fraction of sp³-hybridized carbons (Fsp3) is 0.429. The minimum atomic E-state index is -4.40. The fourth-order valence-corrected chi connectivity index (χ4v) is 0.865. The normalized spacial score (nSPS) is 13.8. The molecule has 14 heavy (non-hydrogen) atoms. The van der Waals surface area contributed by atoms with Crippen LogP contribution in [-0.4, -0.2) is 22.2 Å². The summed E-state index contributed by atoms with van der Waals surface area (Å²) in [6, 6.07) is -0.268. The van der Waals surface area contributed by atoms with Gasteiger partial charge in [-0.2, -0.15) is 13.2 Å². The zero-order valence-corrected chi connectivity index (χ0v) is 9.20. The van der Waals surface area contributed by atoms with Crippen molar-refractivity contribution in [3.8, 4) is 6.01 Å². The average molecular weight is 318 g/mol. The van der Waals surface area contributed by atoms with E-state index in [1.807, 2.05) is 22.6 Å². The van der Waals surface area contributed by atoms with E-state index < -0.39 is 12.3 Å². The standard InChI is InChI=1S/C7H6F3IN2O/c1-4(7(8,9)10)14-6-12-2-5(11)3-13-6/h2-4H,1H3. The Bertz CT molecular complexity index is 301. The van der Waals surface area contributed by atoms with Gasteiger partial charge in [0, 0.05) is 16.0 Å². The number of hydrogen-bond acceptors (Lipinski definition) is 3. The first kappa shape index (κ1) is 11.5. The van der Waals surface area contributed by atoms with E-state index in [1.165, 1.54) is 12.4 Å². The van der Waals surface area contributed by atoms with Crippen molar-refractivity contribution in [1.82, 2.24) is 9.97 Å². The molecule has 7 heteroatoms. The van der Waals surface area contributed by atoms with Gasteiger partial charge in [-0.3, -0.25) is 0 Å². The third-order valence-corrected chi connectivity index (χ3v) is 1.90. The number of alkyl halides is 3. The Morgan fingerprint density at radius 3 is 2.29 bits per heavy atom. The molecular formula is C7H6F3IN2O. The molecule has 0 bridgehead atoms. The van der Waals surface area contributed by atoms with Crippen molar-refractivity contribution in [2.45, 2.75) is 19.2 Å². The van der Waals surface area contributed by atoms with Gasteiger partial charge in [-0.15, -0.1) is 0 Å². The van der Waals surface area contributed by atoms with Crippen LogP contribution in [0, 0.1) is 3.57 Å². The van der Waals surface area contributed by atoms with Crippen LogP contribution in [0.3, 0.4) is 0 Å². The van der Waals surface area contributed by atoms with Crippen molar-refractivity contribution in [1.29, 1.82) is 0 Å². The second-order valence-corrected chi connectivity index (χ2v) is 3.73. The minimum Gasteiger partial charge on any atom is -0.451 e. The lowest BCUT2D eigenvalue weighted by Gasteiger charge is -2.15. The Kier molecular flexibility index (Phi) is 3.51. The summed E-state index contributed by atoms with van der Waals surface area (Å²) in [5.74, 6) is 0. The van der Waals surface area contributed by atoms with Crippen molar-refractivity contribution < 1.29 is 17.9 Å². The molecule has 0 N–H and O–H groups in total. The molecule has 0 radical (unpaired) electrons. The molecule has 0 spiro atoms. The fourth-order valence-electron chi connectivity index (χ4n) is 0.586. The molecule has 1 rings (SSSR count). The summed E-state index contributed by atoms with van der Waals surface area (Å²) >= 11 is 1.94. The summed E-state index contributed by atoms with van der Waals surface area (Å²) < 4.78 is 41.3. The van der Waals surface area contributed by atoms with Crippen LogP contribution in [0.2, 0.25) is 0 Å². The lowest BCUT2D eigenvalue weighted by molar-refractivity contribution is -0.190. The molecule has 0 fully saturated rings. The molecule has 78 valence electrons. The summed E-state index contributed by atoms with van der Waals surface area (Å²) in [4.78, 5) is 7.18. The van der Waals surface area contributed by atoms with Gasteiger partial charge in [0.05, 0.1) is 0 Å². The lowest BCUT2D eigenvalue weighted by Crippen LogP contribution is -2.31. The second-order valence-electron chi connectivity index (χ2n) is 2.49. The van der Waals surface area contributed by atoms with Crippen molar-refractivity contribution in [2.24, 2.45) is 0 Å². The average Bonchev–Trinajstić information content (AvgIpc) is 2.07. The van der Waals surface area contributed by atoms with Gasteiger partial charge in [-0.1, -0.05) is 0 Å². The third kappa shape index (κ3) is 3.28. The first-order valence-corrected chi connectivity index (χ1v) is 4.68. The zero-order chi connectivity index (χ0) is 10.8. The monoisotopic (exact) mass is 318 g/mol. The van der Waals surface area contributed by atoms with Crippen LogP contribution in [0.1, 0.15) is 6.92 Å². The molecule has 1 aromatic heterocycles. The molecule has 0 aliphatic rings. The van der Waals surface area contributed by atoms with Gasteiger partial charge in [0.2, 0.25) is 0 Å². The van der Waals surface area contributed by atoms with Crippen LogP contribution in [0.25, 0.3) is 0 Å². The van der Waals surface area contributed by atoms with Crippen molar-refractivity contribution in [3.05, 3.63) is 16.0 Å². The van der Waals surface area contributed by atoms with E-state index in [4.69, 9.17) is 0 Å². The number of rotatable bonds is 2. The van der Waals surface area contributed by atoms with Gasteiger partial charge in [-0.25, -0.2) is 9.97 Å².